The topological polar surface area (TPSA) is 76.6 Å². The fraction of sp³-hybridized carbons (Fsp3) is 0.480. The average molecular weight is 479 g/mol. The molecule has 2 aliphatic heterocycles. The number of hydrogen-bond acceptors (Lipinski definition) is 5. The van der Waals surface area contributed by atoms with Crippen LogP contribution in [0.3, 0.4) is 0 Å². The van der Waals surface area contributed by atoms with Crippen molar-refractivity contribution >= 4 is 17.3 Å². The van der Waals surface area contributed by atoms with Crippen LogP contribution < -0.4 is 16.0 Å². The molecular formula is C25H33F3N4O2. The van der Waals surface area contributed by atoms with E-state index < -0.39 is 34.6 Å². The normalized spacial score (nSPS) is 18.7. The predicted octanol–water partition coefficient (Wildman–Crippen LogP) is 3.71. The number of aryl methyl sites for hydroxylation is 1. The smallest absolute Gasteiger partial charge is 0.256 e. The van der Waals surface area contributed by atoms with Gasteiger partial charge in [0.1, 0.15) is 11.4 Å². The average Bonchev–Trinajstić information content (AvgIpc) is 3.31. The van der Waals surface area contributed by atoms with Gasteiger partial charge in [0.25, 0.3) is 5.91 Å². The Morgan fingerprint density at radius 2 is 1.91 bits per heavy atom. The van der Waals surface area contributed by atoms with Gasteiger partial charge in [-0.3, -0.25) is 4.79 Å². The molecular weight excluding hydrogens is 445 g/mol. The minimum atomic E-state index is -1.27. The maximum atomic E-state index is 14.6. The molecule has 1 amide bonds. The Morgan fingerprint density at radius 1 is 1.18 bits per heavy atom. The molecule has 0 bridgehead atoms. The number of aliphatic hydroxyl groups is 1. The first-order valence-corrected chi connectivity index (χ1v) is 11.7. The van der Waals surface area contributed by atoms with Crippen molar-refractivity contribution in [2.24, 2.45) is 0 Å². The summed E-state index contributed by atoms with van der Waals surface area (Å²) in [6.45, 7) is 7.88. The Bertz CT molecular complexity index is 1010. The lowest BCUT2D eigenvalue weighted by Crippen LogP contribution is -2.67. The predicted molar refractivity (Wildman–Crippen MR) is 127 cm³/mol. The van der Waals surface area contributed by atoms with E-state index in [1.807, 2.05) is 13.8 Å². The lowest BCUT2D eigenvalue weighted by Gasteiger charge is -2.46. The van der Waals surface area contributed by atoms with E-state index in [9.17, 15) is 23.1 Å². The van der Waals surface area contributed by atoms with E-state index >= 15 is 0 Å². The number of carbonyl (C=O) groups is 1. The molecule has 2 aromatic rings. The molecule has 0 saturated carbocycles. The summed E-state index contributed by atoms with van der Waals surface area (Å²) in [4.78, 5) is 14.3. The summed E-state index contributed by atoms with van der Waals surface area (Å²) in [5.74, 6) is -3.63. The Kier molecular flexibility index (Phi) is 8.57. The number of amides is 1. The molecule has 0 radical (unpaired) electrons. The Labute approximate surface area is 198 Å². The van der Waals surface area contributed by atoms with Crippen molar-refractivity contribution in [3.8, 4) is 0 Å². The minimum absolute atomic E-state index is 0.0637. The highest BCUT2D eigenvalue weighted by Gasteiger charge is 2.44. The first kappa shape index (κ1) is 26.0. The quantitative estimate of drug-likeness (QED) is 0.488. The number of nitrogens with zero attached hydrogens (tertiary/aromatic N) is 1. The van der Waals surface area contributed by atoms with E-state index in [1.54, 1.807) is 13.0 Å². The van der Waals surface area contributed by atoms with Gasteiger partial charge in [0, 0.05) is 19.1 Å². The molecule has 34 heavy (non-hydrogen) atoms. The van der Waals surface area contributed by atoms with E-state index in [-0.39, 0.29) is 24.3 Å². The van der Waals surface area contributed by atoms with Gasteiger partial charge in [-0.2, -0.15) is 0 Å². The zero-order valence-electron chi connectivity index (χ0n) is 19.9. The standard InChI is InChI=1S/C23H27F3N4O2.C2H6/c1-14-4-7-19(18(25)9-14)29-21-16(5-6-17(24)20(21)26)22(31)30-12-23(32,13-30)11-27-10-15-3-2-8-28-15;1-2/h4-7,9,15,27-29,32H,2-3,8,10-13H2,1H3;1-2H3. The molecule has 0 spiro atoms. The van der Waals surface area contributed by atoms with Crippen LogP contribution in [0.4, 0.5) is 24.5 Å². The second-order valence-electron chi connectivity index (χ2n) is 8.70. The van der Waals surface area contributed by atoms with Crippen LogP contribution in [0.5, 0.6) is 0 Å². The molecule has 2 aromatic carbocycles. The Hall–Kier alpha value is -2.62. The Morgan fingerprint density at radius 3 is 2.56 bits per heavy atom. The highest BCUT2D eigenvalue weighted by Crippen LogP contribution is 2.31. The molecule has 2 saturated heterocycles. The first-order valence-electron chi connectivity index (χ1n) is 11.7. The third-order valence-corrected chi connectivity index (χ3v) is 5.97. The number of hydrogen-bond donors (Lipinski definition) is 4. The number of rotatable bonds is 7. The van der Waals surface area contributed by atoms with Gasteiger partial charge in [0.2, 0.25) is 0 Å². The molecule has 2 aliphatic rings. The second kappa shape index (κ2) is 11.2. The van der Waals surface area contributed by atoms with Crippen LogP contribution in [0.2, 0.25) is 0 Å². The van der Waals surface area contributed by atoms with E-state index in [0.29, 0.717) is 18.2 Å². The summed E-state index contributed by atoms with van der Waals surface area (Å²) in [7, 11) is 0. The number of carbonyl (C=O) groups excluding carboxylic acids is 1. The number of anilines is 2. The van der Waals surface area contributed by atoms with Gasteiger partial charge < -0.3 is 26.0 Å². The maximum Gasteiger partial charge on any atom is 0.256 e. The summed E-state index contributed by atoms with van der Waals surface area (Å²) < 4.78 is 42.7. The number of nitrogens with one attached hydrogen (secondary N) is 3. The summed E-state index contributed by atoms with van der Waals surface area (Å²) in [6, 6.07) is 6.68. The molecule has 1 unspecified atom stereocenters. The van der Waals surface area contributed by atoms with Crippen molar-refractivity contribution in [1.82, 2.24) is 15.5 Å². The highest BCUT2D eigenvalue weighted by atomic mass is 19.2. The van der Waals surface area contributed by atoms with Crippen LogP contribution in [0.15, 0.2) is 30.3 Å². The number of β-amino-alcohol motifs (C(OH)–C–C–N with tert-alkyl or cyclic N) is 1. The first-order chi connectivity index (χ1) is 16.3. The summed E-state index contributed by atoms with van der Waals surface area (Å²) in [6.07, 6.45) is 2.22. The maximum absolute atomic E-state index is 14.6. The van der Waals surface area contributed by atoms with Gasteiger partial charge in [-0.05, 0) is 56.1 Å². The fourth-order valence-corrected chi connectivity index (χ4v) is 4.21. The van der Waals surface area contributed by atoms with Gasteiger partial charge in [0.05, 0.1) is 30.0 Å². The van der Waals surface area contributed by atoms with Crippen LogP contribution in [0.1, 0.15) is 42.6 Å². The van der Waals surface area contributed by atoms with E-state index in [4.69, 9.17) is 0 Å². The van der Waals surface area contributed by atoms with E-state index in [1.165, 1.54) is 17.0 Å². The molecule has 4 rings (SSSR count). The van der Waals surface area contributed by atoms with E-state index in [2.05, 4.69) is 16.0 Å². The van der Waals surface area contributed by atoms with Crippen LogP contribution >= 0.6 is 0 Å². The van der Waals surface area contributed by atoms with Gasteiger partial charge >= 0.3 is 0 Å². The van der Waals surface area contributed by atoms with Gasteiger partial charge in [-0.25, -0.2) is 13.2 Å². The van der Waals surface area contributed by atoms with Crippen molar-refractivity contribution in [3.63, 3.8) is 0 Å². The van der Waals surface area contributed by atoms with Crippen molar-refractivity contribution in [1.29, 1.82) is 0 Å². The van der Waals surface area contributed by atoms with Crippen molar-refractivity contribution in [3.05, 3.63) is 58.9 Å². The van der Waals surface area contributed by atoms with Gasteiger partial charge in [-0.15, -0.1) is 0 Å². The van der Waals surface area contributed by atoms with Crippen LogP contribution in [0.25, 0.3) is 0 Å². The van der Waals surface area contributed by atoms with E-state index in [0.717, 1.165) is 38.1 Å². The largest absolute Gasteiger partial charge is 0.385 e. The van der Waals surface area contributed by atoms with Gasteiger partial charge in [0.15, 0.2) is 11.6 Å². The summed E-state index contributed by atoms with van der Waals surface area (Å²) >= 11 is 0. The zero-order chi connectivity index (χ0) is 24.9. The molecule has 4 N–H and O–H groups in total. The minimum Gasteiger partial charge on any atom is -0.385 e. The molecule has 186 valence electrons. The third-order valence-electron chi connectivity index (χ3n) is 5.97. The zero-order valence-corrected chi connectivity index (χ0v) is 19.9. The van der Waals surface area contributed by atoms with Crippen molar-refractivity contribution in [2.45, 2.75) is 45.3 Å². The summed E-state index contributed by atoms with van der Waals surface area (Å²) in [5.41, 5.74) is -1.04. The number of likely N-dealkylation sites (tertiary alicyclic amines) is 1. The van der Waals surface area contributed by atoms with Gasteiger partial charge in [-0.1, -0.05) is 19.9 Å². The Balaban J connectivity index is 0.00000158. The molecule has 1 atom stereocenters. The fourth-order valence-electron chi connectivity index (χ4n) is 4.21. The molecule has 0 aromatic heterocycles. The third kappa shape index (κ3) is 5.89. The van der Waals surface area contributed by atoms with Crippen molar-refractivity contribution < 1.29 is 23.1 Å². The molecule has 2 heterocycles. The number of halogens is 3. The molecule has 2 fully saturated rings. The molecule has 0 aliphatic carbocycles. The monoisotopic (exact) mass is 478 g/mol. The van der Waals surface area contributed by atoms with Crippen LogP contribution in [0, 0.1) is 24.4 Å². The lowest BCUT2D eigenvalue weighted by atomic mass is 9.92. The lowest BCUT2D eigenvalue weighted by molar-refractivity contribution is -0.0785. The number of benzene rings is 2. The molecule has 6 nitrogen and oxygen atoms in total. The highest BCUT2D eigenvalue weighted by molar-refractivity contribution is 6.01. The van der Waals surface area contributed by atoms with Crippen LogP contribution in [-0.2, 0) is 0 Å². The second-order valence-corrected chi connectivity index (χ2v) is 8.70. The van der Waals surface area contributed by atoms with Crippen LogP contribution in [-0.4, -0.2) is 60.3 Å². The summed E-state index contributed by atoms with van der Waals surface area (Å²) in [5, 5.41) is 19.8. The van der Waals surface area contributed by atoms with Crippen molar-refractivity contribution in [2.75, 3.05) is 38.0 Å². The molecule has 9 heteroatoms. The SMILES string of the molecule is CC.Cc1ccc(Nc2c(C(=O)N3CC(O)(CNCC4CCCN4)C3)ccc(F)c2F)c(F)c1.